The second-order valence-electron chi connectivity index (χ2n) is 5.53. The molecule has 0 spiro atoms. The Kier molecular flexibility index (Phi) is 8.26. The summed E-state index contributed by atoms with van der Waals surface area (Å²) < 4.78 is 5.01. The highest BCUT2D eigenvalue weighted by atomic mass is 16.5. The summed E-state index contributed by atoms with van der Waals surface area (Å²) in [4.78, 5) is 25.1. The van der Waals surface area contributed by atoms with Gasteiger partial charge in [0.15, 0.2) is 6.61 Å². The molecule has 1 saturated heterocycles. The largest absolute Gasteiger partial charge is 0.452 e. The summed E-state index contributed by atoms with van der Waals surface area (Å²) >= 11 is 0. The Labute approximate surface area is 133 Å². The molecule has 1 aliphatic rings. The van der Waals surface area contributed by atoms with E-state index in [1.807, 2.05) is 19.1 Å². The van der Waals surface area contributed by atoms with Gasteiger partial charge in [0.25, 0.3) is 5.91 Å². The molecule has 0 saturated carbocycles. The van der Waals surface area contributed by atoms with Gasteiger partial charge in [0, 0.05) is 13.1 Å². The molecule has 0 bridgehead atoms. The third kappa shape index (κ3) is 6.29. The Hall–Kier alpha value is -1.84. The monoisotopic (exact) mass is 305 g/mol. The van der Waals surface area contributed by atoms with Crippen LogP contribution in [0.4, 0.5) is 0 Å². The summed E-state index contributed by atoms with van der Waals surface area (Å²) in [5, 5.41) is 0. The van der Waals surface area contributed by atoms with E-state index in [9.17, 15) is 9.59 Å². The van der Waals surface area contributed by atoms with Gasteiger partial charge in [-0.15, -0.1) is 0 Å². The van der Waals surface area contributed by atoms with Crippen LogP contribution in [0.2, 0.25) is 0 Å². The van der Waals surface area contributed by atoms with E-state index >= 15 is 0 Å². The van der Waals surface area contributed by atoms with Crippen molar-refractivity contribution in [3.8, 4) is 0 Å². The number of carbonyl (C=O) groups excluding carboxylic acids is 2. The Bertz CT molecular complexity index is 460. The van der Waals surface area contributed by atoms with Crippen LogP contribution in [0.15, 0.2) is 24.3 Å². The highest BCUT2D eigenvalue weighted by Gasteiger charge is 2.19. The van der Waals surface area contributed by atoms with Crippen molar-refractivity contribution < 1.29 is 14.3 Å². The number of hydrogen-bond donors (Lipinski definition) is 0. The Morgan fingerprint density at radius 1 is 1.05 bits per heavy atom. The van der Waals surface area contributed by atoms with Gasteiger partial charge in [0.1, 0.15) is 0 Å². The van der Waals surface area contributed by atoms with Crippen LogP contribution in [-0.2, 0) is 9.53 Å². The normalized spacial score (nSPS) is 13.3. The van der Waals surface area contributed by atoms with Crippen LogP contribution in [-0.4, -0.2) is 36.5 Å². The Balaban J connectivity index is 0.000000541. The molecular weight excluding hydrogens is 278 g/mol. The van der Waals surface area contributed by atoms with Gasteiger partial charge in [-0.25, -0.2) is 4.79 Å². The molecule has 122 valence electrons. The number of esters is 1. The van der Waals surface area contributed by atoms with Crippen molar-refractivity contribution in [2.75, 3.05) is 19.7 Å². The van der Waals surface area contributed by atoms with Crippen LogP contribution in [0.3, 0.4) is 0 Å². The smallest absolute Gasteiger partial charge is 0.338 e. The number of aryl methyl sites for hydroxylation is 1. The number of benzene rings is 1. The van der Waals surface area contributed by atoms with E-state index in [-0.39, 0.29) is 12.5 Å². The van der Waals surface area contributed by atoms with E-state index in [0.717, 1.165) is 31.5 Å². The maximum Gasteiger partial charge on any atom is 0.338 e. The molecule has 1 aliphatic heterocycles. The van der Waals surface area contributed by atoms with E-state index in [2.05, 4.69) is 13.8 Å². The molecule has 2 rings (SSSR count). The maximum absolute atomic E-state index is 11.7. The molecule has 1 aromatic rings. The molecule has 1 heterocycles. The average molecular weight is 305 g/mol. The second-order valence-corrected chi connectivity index (χ2v) is 5.53. The van der Waals surface area contributed by atoms with Crippen molar-refractivity contribution in [1.29, 1.82) is 0 Å². The molecule has 1 amide bonds. The minimum absolute atomic E-state index is 0.104. The van der Waals surface area contributed by atoms with Crippen molar-refractivity contribution >= 4 is 11.9 Å². The molecule has 0 unspecified atom stereocenters. The lowest BCUT2D eigenvalue weighted by Crippen LogP contribution is -2.32. The predicted molar refractivity (Wildman–Crippen MR) is 87.9 cm³/mol. The summed E-state index contributed by atoms with van der Waals surface area (Å²) in [6.45, 7) is 7.71. The Morgan fingerprint density at radius 2 is 1.59 bits per heavy atom. The molecule has 4 nitrogen and oxygen atoms in total. The van der Waals surface area contributed by atoms with Crippen LogP contribution in [0.1, 0.15) is 55.5 Å². The van der Waals surface area contributed by atoms with Crippen LogP contribution in [0, 0.1) is 6.92 Å². The van der Waals surface area contributed by atoms with Crippen molar-refractivity contribution in [2.24, 2.45) is 0 Å². The third-order valence-electron chi connectivity index (χ3n) is 3.57. The standard InChI is InChI=1S/C14H17NO3.C4H10/c1-11-4-6-12(7-5-11)14(17)18-10-13(16)15-8-2-3-9-15;1-3-4-2/h4-7H,2-3,8-10H2,1H3;3-4H2,1-2H3. The number of ether oxygens (including phenoxy) is 1. The van der Waals surface area contributed by atoms with E-state index in [4.69, 9.17) is 4.74 Å². The molecule has 22 heavy (non-hydrogen) atoms. The van der Waals surface area contributed by atoms with Crippen LogP contribution in [0.5, 0.6) is 0 Å². The van der Waals surface area contributed by atoms with Gasteiger partial charge in [-0.2, -0.15) is 0 Å². The molecule has 1 aromatic carbocycles. The van der Waals surface area contributed by atoms with Gasteiger partial charge in [0.2, 0.25) is 0 Å². The minimum Gasteiger partial charge on any atom is -0.452 e. The molecule has 0 aliphatic carbocycles. The molecule has 0 aromatic heterocycles. The van der Waals surface area contributed by atoms with E-state index in [1.165, 1.54) is 12.8 Å². The molecule has 0 N–H and O–H groups in total. The van der Waals surface area contributed by atoms with Crippen molar-refractivity contribution in [1.82, 2.24) is 4.90 Å². The topological polar surface area (TPSA) is 46.6 Å². The number of hydrogen-bond acceptors (Lipinski definition) is 3. The summed E-state index contributed by atoms with van der Waals surface area (Å²) in [5.74, 6) is -0.546. The summed E-state index contributed by atoms with van der Waals surface area (Å²) in [7, 11) is 0. The van der Waals surface area contributed by atoms with Gasteiger partial charge >= 0.3 is 5.97 Å². The SMILES string of the molecule is CCCC.Cc1ccc(C(=O)OCC(=O)N2CCCC2)cc1. The number of rotatable bonds is 4. The predicted octanol–water partition coefficient (Wildman–Crippen LogP) is 3.58. The summed E-state index contributed by atoms with van der Waals surface area (Å²) in [6.07, 6.45) is 4.72. The first-order valence-corrected chi connectivity index (χ1v) is 8.10. The van der Waals surface area contributed by atoms with Gasteiger partial charge in [0.05, 0.1) is 5.56 Å². The van der Waals surface area contributed by atoms with Crippen molar-refractivity contribution in [2.45, 2.75) is 46.5 Å². The zero-order chi connectivity index (χ0) is 16.4. The lowest BCUT2D eigenvalue weighted by Gasteiger charge is -2.14. The van der Waals surface area contributed by atoms with Crippen LogP contribution < -0.4 is 0 Å². The third-order valence-corrected chi connectivity index (χ3v) is 3.57. The summed E-state index contributed by atoms with van der Waals surface area (Å²) in [5.41, 5.74) is 1.56. The van der Waals surface area contributed by atoms with E-state index < -0.39 is 5.97 Å². The van der Waals surface area contributed by atoms with Gasteiger partial charge in [-0.05, 0) is 31.9 Å². The zero-order valence-electron chi connectivity index (χ0n) is 13.9. The highest BCUT2D eigenvalue weighted by Crippen LogP contribution is 2.09. The number of amides is 1. The van der Waals surface area contributed by atoms with E-state index in [1.54, 1.807) is 17.0 Å². The van der Waals surface area contributed by atoms with Gasteiger partial charge in [-0.1, -0.05) is 44.4 Å². The minimum atomic E-state index is -0.442. The van der Waals surface area contributed by atoms with Crippen molar-refractivity contribution in [3.05, 3.63) is 35.4 Å². The number of likely N-dealkylation sites (tertiary alicyclic amines) is 1. The lowest BCUT2D eigenvalue weighted by molar-refractivity contribution is -0.133. The van der Waals surface area contributed by atoms with Gasteiger partial charge < -0.3 is 9.64 Å². The first-order chi connectivity index (χ1) is 10.6. The zero-order valence-corrected chi connectivity index (χ0v) is 13.9. The van der Waals surface area contributed by atoms with Crippen LogP contribution >= 0.6 is 0 Å². The molecule has 4 heteroatoms. The molecule has 1 fully saturated rings. The first-order valence-electron chi connectivity index (χ1n) is 8.10. The number of nitrogens with zero attached hydrogens (tertiary/aromatic N) is 1. The van der Waals surface area contributed by atoms with Crippen molar-refractivity contribution in [3.63, 3.8) is 0 Å². The molecule has 0 atom stereocenters. The molecular formula is C18H27NO3. The van der Waals surface area contributed by atoms with Gasteiger partial charge in [-0.3, -0.25) is 4.79 Å². The number of unbranched alkanes of at least 4 members (excludes halogenated alkanes) is 1. The fourth-order valence-corrected chi connectivity index (χ4v) is 1.96. The molecule has 0 radical (unpaired) electrons. The Morgan fingerprint density at radius 3 is 2.09 bits per heavy atom. The summed E-state index contributed by atoms with van der Waals surface area (Å²) in [6, 6.07) is 7.10. The first kappa shape index (κ1) is 18.2. The fourth-order valence-electron chi connectivity index (χ4n) is 1.96. The lowest BCUT2D eigenvalue weighted by atomic mass is 10.1. The second kappa shape index (κ2) is 9.98. The number of carbonyl (C=O) groups is 2. The quantitative estimate of drug-likeness (QED) is 0.799. The average Bonchev–Trinajstić information content (AvgIpc) is 3.07. The fraction of sp³-hybridized carbons (Fsp3) is 0.556. The highest BCUT2D eigenvalue weighted by molar-refractivity contribution is 5.91. The maximum atomic E-state index is 11.7. The van der Waals surface area contributed by atoms with E-state index in [0.29, 0.717) is 5.56 Å². The van der Waals surface area contributed by atoms with Crippen LogP contribution in [0.25, 0.3) is 0 Å².